The third-order valence-corrected chi connectivity index (χ3v) is 7.09. The van der Waals surface area contributed by atoms with E-state index in [9.17, 15) is 30.8 Å². The number of oxime groups is 1. The van der Waals surface area contributed by atoms with Gasteiger partial charge in [0.05, 0.1) is 23.3 Å². The van der Waals surface area contributed by atoms with E-state index in [2.05, 4.69) is 5.16 Å². The lowest BCUT2D eigenvalue weighted by molar-refractivity contribution is -0.0605. The normalized spacial score (nSPS) is 12.3. The molecule has 0 saturated carbocycles. The minimum absolute atomic E-state index is 0.0232. The van der Waals surface area contributed by atoms with Crippen LogP contribution in [0.3, 0.4) is 0 Å². The zero-order valence-corrected chi connectivity index (χ0v) is 22.2. The quantitative estimate of drug-likeness (QED) is 0.115. The molecule has 0 N–H and O–H groups in total. The van der Waals surface area contributed by atoms with Crippen LogP contribution in [0.2, 0.25) is 0 Å². The molecule has 0 atom stereocenters. The van der Waals surface area contributed by atoms with E-state index >= 15 is 0 Å². The fourth-order valence-corrected chi connectivity index (χ4v) is 4.63. The minimum atomic E-state index is -5.04. The summed E-state index contributed by atoms with van der Waals surface area (Å²) in [4.78, 5) is 17.2. The molecule has 3 aromatic carbocycles. The van der Waals surface area contributed by atoms with Crippen LogP contribution in [0.15, 0.2) is 88.9 Å². The van der Waals surface area contributed by atoms with Crippen LogP contribution >= 0.6 is 0 Å². The average Bonchev–Trinajstić information content (AvgIpc) is 3.24. The van der Waals surface area contributed by atoms with Crippen molar-refractivity contribution in [1.82, 2.24) is 4.57 Å². The molecular weight excluding hydrogens is 552 g/mol. The van der Waals surface area contributed by atoms with Gasteiger partial charge in [0.15, 0.2) is 15.5 Å². The molecule has 1 aromatic heterocycles. The number of ether oxygens (including phenoxy) is 1. The van der Waals surface area contributed by atoms with Gasteiger partial charge in [-0.25, -0.2) is 17.6 Å². The first-order chi connectivity index (χ1) is 18.8. The van der Waals surface area contributed by atoms with Crippen molar-refractivity contribution < 1.29 is 40.3 Å². The number of sulfone groups is 1. The highest BCUT2D eigenvalue weighted by atomic mass is 32.2. The lowest BCUT2D eigenvalue weighted by Crippen LogP contribution is -2.25. The minimum Gasteiger partial charge on any atom is -0.497 e. The van der Waals surface area contributed by atoms with Crippen molar-refractivity contribution in [2.75, 3.05) is 13.4 Å². The molecule has 4 aromatic rings. The van der Waals surface area contributed by atoms with Gasteiger partial charge >= 0.3 is 12.1 Å². The summed E-state index contributed by atoms with van der Waals surface area (Å²) in [5.74, 6) is -1.38. The number of hydrogen-bond donors (Lipinski definition) is 0. The summed E-state index contributed by atoms with van der Waals surface area (Å²) in [5, 5.41) is 3.21. The highest BCUT2D eigenvalue weighted by Crippen LogP contribution is 2.34. The number of carbonyl (C=O) groups excluding carboxylic acids is 1. The highest BCUT2D eigenvalue weighted by molar-refractivity contribution is 7.90. The number of methoxy groups -OCH3 is 1. The topological polar surface area (TPSA) is 87.0 Å². The van der Waals surface area contributed by atoms with Crippen molar-refractivity contribution >= 4 is 21.5 Å². The van der Waals surface area contributed by atoms with Crippen molar-refractivity contribution in [3.8, 4) is 22.7 Å². The van der Waals surface area contributed by atoms with E-state index in [0.717, 1.165) is 18.4 Å². The van der Waals surface area contributed by atoms with E-state index in [-0.39, 0.29) is 21.8 Å². The zero-order valence-electron chi connectivity index (χ0n) is 21.4. The molecule has 0 aliphatic rings. The van der Waals surface area contributed by atoms with Gasteiger partial charge in [-0.2, -0.15) is 13.2 Å². The zero-order chi connectivity index (χ0) is 29.2. The number of hydrogen-bond acceptors (Lipinski definition) is 6. The van der Waals surface area contributed by atoms with Crippen molar-refractivity contribution in [2.45, 2.75) is 18.0 Å². The average molecular weight is 575 g/mol. The maximum atomic E-state index is 14.3. The molecule has 0 saturated heterocycles. The van der Waals surface area contributed by atoms with Crippen LogP contribution in [0, 0.1) is 12.7 Å². The summed E-state index contributed by atoms with van der Waals surface area (Å²) >= 11 is 0. The Hall–Kier alpha value is -4.45. The number of aromatic nitrogens is 1. The second-order valence-electron chi connectivity index (χ2n) is 8.69. The smallest absolute Gasteiger partial charge is 0.437 e. The Kier molecular flexibility index (Phi) is 7.83. The third-order valence-electron chi connectivity index (χ3n) is 5.96. The first-order valence-electron chi connectivity index (χ1n) is 11.6. The Morgan fingerprint density at radius 2 is 1.60 bits per heavy atom. The summed E-state index contributed by atoms with van der Waals surface area (Å²) < 4.78 is 86.7. The van der Waals surface area contributed by atoms with E-state index in [1.807, 2.05) is 0 Å². The van der Waals surface area contributed by atoms with Gasteiger partial charge in [-0.05, 0) is 73.2 Å². The predicted octanol–water partition coefficient (Wildman–Crippen LogP) is 6.13. The maximum absolute atomic E-state index is 14.3. The van der Waals surface area contributed by atoms with Crippen LogP contribution < -0.4 is 4.74 Å². The summed E-state index contributed by atoms with van der Waals surface area (Å²) in [6.07, 6.45) is -4.00. The van der Waals surface area contributed by atoms with E-state index in [1.54, 1.807) is 6.07 Å². The Bertz CT molecular complexity index is 1690. The molecule has 0 radical (unpaired) electrons. The predicted molar refractivity (Wildman–Crippen MR) is 140 cm³/mol. The molecule has 0 bridgehead atoms. The van der Waals surface area contributed by atoms with Gasteiger partial charge < -0.3 is 14.1 Å². The Labute approximate surface area is 227 Å². The molecule has 0 amide bonds. The molecule has 208 valence electrons. The molecular formula is C28H22F4N2O5S. The molecule has 40 heavy (non-hydrogen) atoms. The highest BCUT2D eigenvalue weighted by Gasteiger charge is 2.40. The second kappa shape index (κ2) is 11.0. The number of carbonyl (C=O) groups is 1. The van der Waals surface area contributed by atoms with Crippen molar-refractivity contribution in [3.05, 3.63) is 102 Å². The third kappa shape index (κ3) is 6.07. The maximum Gasteiger partial charge on any atom is 0.437 e. The molecule has 12 heteroatoms. The summed E-state index contributed by atoms with van der Waals surface area (Å²) in [6, 6.07) is 17.5. The van der Waals surface area contributed by atoms with Gasteiger partial charge in [-0.1, -0.05) is 23.4 Å². The van der Waals surface area contributed by atoms with Crippen molar-refractivity contribution in [1.29, 1.82) is 0 Å². The molecule has 1 heterocycles. The molecule has 7 nitrogen and oxygen atoms in total. The first kappa shape index (κ1) is 28.6. The van der Waals surface area contributed by atoms with Crippen LogP contribution in [0.25, 0.3) is 16.9 Å². The molecule has 4 rings (SSSR count). The van der Waals surface area contributed by atoms with Gasteiger partial charge in [-0.15, -0.1) is 0 Å². The monoisotopic (exact) mass is 574 g/mol. The van der Waals surface area contributed by atoms with Crippen LogP contribution in [0.5, 0.6) is 5.75 Å². The van der Waals surface area contributed by atoms with E-state index in [4.69, 9.17) is 9.57 Å². The molecule has 0 aliphatic heterocycles. The van der Waals surface area contributed by atoms with Gasteiger partial charge in [0.25, 0.3) is 0 Å². The van der Waals surface area contributed by atoms with Crippen LogP contribution in [0.4, 0.5) is 17.6 Å². The van der Waals surface area contributed by atoms with Crippen LogP contribution in [-0.2, 0) is 14.7 Å². The Morgan fingerprint density at radius 3 is 2.17 bits per heavy atom. The SMILES string of the molecule is COc1cccc(C(=O)O/N=C(/c2cc(-c3ccc(S(C)(=O)=O)cc3)n(-c3ccc(F)cc3)c2C)C(F)(F)F)c1. The lowest BCUT2D eigenvalue weighted by Gasteiger charge is -2.14. The first-order valence-corrected chi connectivity index (χ1v) is 13.5. The fourth-order valence-electron chi connectivity index (χ4n) is 4.00. The second-order valence-corrected chi connectivity index (χ2v) is 10.7. The largest absolute Gasteiger partial charge is 0.497 e. The standard InChI is InChI=1S/C28H22F4N2O5S/c1-17-24(26(28(30,31)32)33-39-27(35)19-5-4-6-22(15-19)38-2)16-25(34(17)21-11-9-20(29)10-12-21)18-7-13-23(14-8-18)40(3,36)37/h4-16H,1-3H3/b33-26-. The molecule has 0 spiro atoms. The Morgan fingerprint density at radius 1 is 0.950 bits per heavy atom. The van der Waals surface area contributed by atoms with E-state index in [1.165, 1.54) is 79.3 Å². The molecule has 0 unspecified atom stereocenters. The van der Waals surface area contributed by atoms with Gasteiger partial charge in [0.1, 0.15) is 11.6 Å². The van der Waals surface area contributed by atoms with E-state index in [0.29, 0.717) is 17.0 Å². The fraction of sp³-hybridized carbons (Fsp3) is 0.143. The van der Waals surface area contributed by atoms with Crippen molar-refractivity contribution in [3.63, 3.8) is 0 Å². The Balaban J connectivity index is 1.86. The summed E-state index contributed by atoms with van der Waals surface area (Å²) in [7, 11) is -2.15. The number of alkyl halides is 3. The number of nitrogens with zero attached hydrogens (tertiary/aromatic N) is 2. The number of rotatable bonds is 7. The van der Waals surface area contributed by atoms with Gasteiger partial charge in [-0.3, -0.25) is 0 Å². The molecule has 0 aliphatic carbocycles. The van der Waals surface area contributed by atoms with Crippen molar-refractivity contribution in [2.24, 2.45) is 5.16 Å². The summed E-state index contributed by atoms with van der Waals surface area (Å²) in [5.41, 5.74) is -0.953. The van der Waals surface area contributed by atoms with Gasteiger partial charge in [0, 0.05) is 23.2 Å². The van der Waals surface area contributed by atoms with E-state index < -0.39 is 39.1 Å². The lowest BCUT2D eigenvalue weighted by atomic mass is 10.1. The molecule has 0 fully saturated rings. The number of benzene rings is 3. The van der Waals surface area contributed by atoms with Crippen LogP contribution in [-0.4, -0.2) is 44.2 Å². The number of halogens is 4. The van der Waals surface area contributed by atoms with Crippen LogP contribution in [0.1, 0.15) is 21.6 Å². The van der Waals surface area contributed by atoms with Gasteiger partial charge in [0.2, 0.25) is 0 Å². The summed E-state index contributed by atoms with van der Waals surface area (Å²) in [6.45, 7) is 1.40.